The van der Waals surface area contributed by atoms with E-state index in [1.165, 1.54) is 12.1 Å². The molecular weight excluding hydrogens is 183 g/mol. The molecule has 2 nitrogen and oxygen atoms in total. The molecule has 0 N–H and O–H groups in total. The Hall–Kier alpha value is -1.09. The Labute approximate surface area is 83.6 Å². The lowest BCUT2D eigenvalue weighted by Crippen LogP contribution is -2.12. The molecule has 1 aliphatic heterocycles. The molecule has 14 heavy (non-hydrogen) atoms. The quantitative estimate of drug-likeness (QED) is 0.638. The molecule has 0 aliphatic carbocycles. The van der Waals surface area contributed by atoms with Crippen molar-refractivity contribution in [1.29, 1.82) is 0 Å². The summed E-state index contributed by atoms with van der Waals surface area (Å²) in [5, 5.41) is 0. The Bertz CT molecular complexity index is 310. The van der Waals surface area contributed by atoms with Gasteiger partial charge in [-0.05, 0) is 24.6 Å². The van der Waals surface area contributed by atoms with Crippen LogP contribution in [0.4, 0.5) is 4.39 Å². The van der Waals surface area contributed by atoms with Crippen LogP contribution >= 0.6 is 0 Å². The van der Waals surface area contributed by atoms with E-state index in [1.54, 1.807) is 0 Å². The number of rotatable bonds is 0. The highest BCUT2D eigenvalue weighted by molar-refractivity contribution is 5.41. The lowest BCUT2D eigenvalue weighted by atomic mass is 10.1. The molecule has 0 radical (unpaired) electrons. The van der Waals surface area contributed by atoms with Gasteiger partial charge in [0.1, 0.15) is 11.6 Å². The highest BCUT2D eigenvalue weighted by atomic mass is 19.1. The smallest absolute Gasteiger partial charge is 0.189 e. The molecule has 1 aliphatic rings. The van der Waals surface area contributed by atoms with Crippen LogP contribution in [-0.4, -0.2) is 6.79 Å². The van der Waals surface area contributed by atoms with Crippen molar-refractivity contribution in [2.75, 3.05) is 6.79 Å². The SMILES string of the molecule is CC.Cc1cc(F)cc2c1OCOC2. The van der Waals surface area contributed by atoms with Crippen LogP contribution in [0.15, 0.2) is 12.1 Å². The molecule has 0 bridgehead atoms. The average molecular weight is 198 g/mol. The van der Waals surface area contributed by atoms with Crippen molar-refractivity contribution in [3.63, 3.8) is 0 Å². The third kappa shape index (κ3) is 2.23. The van der Waals surface area contributed by atoms with Crippen LogP contribution in [0.25, 0.3) is 0 Å². The van der Waals surface area contributed by atoms with Crippen molar-refractivity contribution in [2.45, 2.75) is 27.4 Å². The third-order valence-corrected chi connectivity index (χ3v) is 1.86. The van der Waals surface area contributed by atoms with E-state index >= 15 is 0 Å². The minimum absolute atomic E-state index is 0.236. The highest BCUT2D eigenvalue weighted by Crippen LogP contribution is 2.28. The summed E-state index contributed by atoms with van der Waals surface area (Å²) in [5.74, 6) is 0.531. The number of hydrogen-bond acceptors (Lipinski definition) is 2. The van der Waals surface area contributed by atoms with Gasteiger partial charge in [-0.2, -0.15) is 0 Å². The topological polar surface area (TPSA) is 18.5 Å². The summed E-state index contributed by atoms with van der Waals surface area (Å²) < 4.78 is 23.1. The van der Waals surface area contributed by atoms with Crippen molar-refractivity contribution in [1.82, 2.24) is 0 Å². The summed E-state index contributed by atoms with van der Waals surface area (Å²) in [4.78, 5) is 0. The Morgan fingerprint density at radius 3 is 2.71 bits per heavy atom. The first kappa shape index (κ1) is 11.0. The van der Waals surface area contributed by atoms with Gasteiger partial charge in [-0.1, -0.05) is 13.8 Å². The summed E-state index contributed by atoms with van der Waals surface area (Å²) >= 11 is 0. The van der Waals surface area contributed by atoms with Crippen LogP contribution in [0, 0.1) is 12.7 Å². The first-order valence-electron chi connectivity index (χ1n) is 4.77. The van der Waals surface area contributed by atoms with Gasteiger partial charge in [-0.25, -0.2) is 4.39 Å². The van der Waals surface area contributed by atoms with Gasteiger partial charge in [-0.3, -0.25) is 0 Å². The minimum Gasteiger partial charge on any atom is -0.467 e. The van der Waals surface area contributed by atoms with Crippen LogP contribution in [0.3, 0.4) is 0 Å². The second kappa shape index (κ2) is 4.96. The number of fused-ring (bicyclic) bond motifs is 1. The standard InChI is InChI=1S/C9H9FO2.C2H6/c1-6-2-8(10)3-7-4-11-5-12-9(6)7;1-2/h2-3H,4-5H2,1H3;1-2H3. The molecule has 0 spiro atoms. The maximum atomic E-state index is 12.8. The lowest BCUT2D eigenvalue weighted by Gasteiger charge is -2.19. The number of ether oxygens (including phenoxy) is 2. The van der Waals surface area contributed by atoms with Crippen molar-refractivity contribution in [3.05, 3.63) is 29.1 Å². The van der Waals surface area contributed by atoms with Gasteiger partial charge in [0.25, 0.3) is 0 Å². The molecule has 0 amide bonds. The fourth-order valence-corrected chi connectivity index (χ4v) is 1.37. The molecule has 0 unspecified atom stereocenters. The van der Waals surface area contributed by atoms with Gasteiger partial charge < -0.3 is 9.47 Å². The predicted molar refractivity (Wildman–Crippen MR) is 52.8 cm³/mol. The van der Waals surface area contributed by atoms with E-state index in [-0.39, 0.29) is 12.6 Å². The zero-order valence-corrected chi connectivity index (χ0v) is 8.76. The monoisotopic (exact) mass is 198 g/mol. The van der Waals surface area contributed by atoms with Gasteiger partial charge in [-0.15, -0.1) is 0 Å². The normalized spacial score (nSPS) is 13.4. The first-order valence-corrected chi connectivity index (χ1v) is 4.77. The highest BCUT2D eigenvalue weighted by Gasteiger charge is 2.13. The predicted octanol–water partition coefficient (Wildman–Crippen LogP) is 3.03. The summed E-state index contributed by atoms with van der Waals surface area (Å²) in [6.45, 7) is 6.53. The van der Waals surface area contributed by atoms with Crippen molar-refractivity contribution >= 4 is 0 Å². The van der Waals surface area contributed by atoms with Gasteiger partial charge in [0.2, 0.25) is 0 Å². The maximum Gasteiger partial charge on any atom is 0.189 e. The van der Waals surface area contributed by atoms with E-state index in [0.29, 0.717) is 6.61 Å². The number of benzene rings is 1. The van der Waals surface area contributed by atoms with Gasteiger partial charge in [0.05, 0.1) is 6.61 Å². The van der Waals surface area contributed by atoms with Crippen molar-refractivity contribution in [3.8, 4) is 5.75 Å². The van der Waals surface area contributed by atoms with E-state index in [1.807, 2.05) is 20.8 Å². The molecule has 0 saturated carbocycles. The molecule has 78 valence electrons. The van der Waals surface area contributed by atoms with E-state index in [4.69, 9.17) is 9.47 Å². The van der Waals surface area contributed by atoms with Crippen LogP contribution in [0.2, 0.25) is 0 Å². The number of halogens is 1. The molecule has 2 rings (SSSR count). The summed E-state index contributed by atoms with van der Waals surface area (Å²) in [6, 6.07) is 2.91. The summed E-state index contributed by atoms with van der Waals surface area (Å²) in [5.41, 5.74) is 1.62. The molecule has 0 aromatic heterocycles. The first-order chi connectivity index (χ1) is 6.77. The third-order valence-electron chi connectivity index (χ3n) is 1.86. The molecule has 0 fully saturated rings. The number of hydrogen-bond donors (Lipinski definition) is 0. The number of aryl methyl sites for hydroxylation is 1. The minimum atomic E-state index is -0.236. The lowest BCUT2D eigenvalue weighted by molar-refractivity contribution is -0.0170. The van der Waals surface area contributed by atoms with E-state index in [0.717, 1.165) is 16.9 Å². The molecule has 1 aromatic rings. The Morgan fingerprint density at radius 1 is 1.29 bits per heavy atom. The van der Waals surface area contributed by atoms with E-state index in [2.05, 4.69) is 0 Å². The fraction of sp³-hybridized carbons (Fsp3) is 0.455. The van der Waals surface area contributed by atoms with Gasteiger partial charge >= 0.3 is 0 Å². The maximum absolute atomic E-state index is 12.8. The van der Waals surface area contributed by atoms with Gasteiger partial charge in [0, 0.05) is 5.56 Å². The van der Waals surface area contributed by atoms with Crippen LogP contribution in [0.5, 0.6) is 5.75 Å². The Morgan fingerprint density at radius 2 is 2.00 bits per heavy atom. The summed E-state index contributed by atoms with van der Waals surface area (Å²) in [7, 11) is 0. The van der Waals surface area contributed by atoms with Gasteiger partial charge in [0.15, 0.2) is 6.79 Å². The average Bonchev–Trinajstić information content (AvgIpc) is 2.20. The zero-order chi connectivity index (χ0) is 10.6. The second-order valence-electron chi connectivity index (χ2n) is 2.82. The van der Waals surface area contributed by atoms with Crippen molar-refractivity contribution in [2.24, 2.45) is 0 Å². The molecule has 0 saturated heterocycles. The molecule has 1 aromatic carbocycles. The Balaban J connectivity index is 0.000000461. The molecule has 1 heterocycles. The van der Waals surface area contributed by atoms with Crippen molar-refractivity contribution < 1.29 is 13.9 Å². The molecule has 3 heteroatoms. The largest absolute Gasteiger partial charge is 0.467 e. The molecule has 0 atom stereocenters. The Kier molecular flexibility index (Phi) is 3.89. The molecular formula is C11H15FO2. The van der Waals surface area contributed by atoms with E-state index < -0.39 is 0 Å². The van der Waals surface area contributed by atoms with Crippen LogP contribution in [0.1, 0.15) is 25.0 Å². The van der Waals surface area contributed by atoms with Crippen LogP contribution < -0.4 is 4.74 Å². The van der Waals surface area contributed by atoms with E-state index in [9.17, 15) is 4.39 Å². The second-order valence-corrected chi connectivity index (χ2v) is 2.82. The zero-order valence-electron chi connectivity index (χ0n) is 8.76. The van der Waals surface area contributed by atoms with Crippen LogP contribution in [-0.2, 0) is 11.3 Å². The summed E-state index contributed by atoms with van der Waals surface area (Å²) in [6.07, 6.45) is 0. The fourth-order valence-electron chi connectivity index (χ4n) is 1.37.